The minimum absolute atomic E-state index is 0.276. The molecule has 1 fully saturated rings. The average molecular weight is 416 g/mol. The van der Waals surface area contributed by atoms with Crippen LogP contribution in [-0.2, 0) is 11.2 Å². The first-order valence-electron chi connectivity index (χ1n) is 9.60. The second-order valence-electron chi connectivity index (χ2n) is 6.82. The Morgan fingerprint density at radius 3 is 2.83 bits per heavy atom. The molecule has 0 bridgehead atoms. The largest absolute Gasteiger partial charge is 0.465 e. The summed E-state index contributed by atoms with van der Waals surface area (Å²) in [5.41, 5.74) is 1.69. The zero-order valence-electron chi connectivity index (χ0n) is 16.7. The molecule has 2 heterocycles. The number of aromatic nitrogens is 1. The third-order valence-electron chi connectivity index (χ3n) is 4.87. The van der Waals surface area contributed by atoms with Gasteiger partial charge in [-0.05, 0) is 42.7 Å². The summed E-state index contributed by atoms with van der Waals surface area (Å²) >= 11 is 6.26. The van der Waals surface area contributed by atoms with Gasteiger partial charge in [-0.2, -0.15) is 0 Å². The van der Waals surface area contributed by atoms with E-state index in [4.69, 9.17) is 16.3 Å². The van der Waals surface area contributed by atoms with Gasteiger partial charge in [-0.25, -0.2) is 9.78 Å². The van der Waals surface area contributed by atoms with E-state index in [1.54, 1.807) is 25.4 Å². The van der Waals surface area contributed by atoms with E-state index in [-0.39, 0.29) is 12.0 Å². The van der Waals surface area contributed by atoms with Crippen LogP contribution in [0.3, 0.4) is 0 Å². The van der Waals surface area contributed by atoms with Crippen LogP contribution >= 0.6 is 11.6 Å². The van der Waals surface area contributed by atoms with Crippen molar-refractivity contribution in [1.29, 1.82) is 0 Å². The highest BCUT2D eigenvalue weighted by atomic mass is 35.5. The van der Waals surface area contributed by atoms with E-state index in [1.165, 1.54) is 7.11 Å². The lowest BCUT2D eigenvalue weighted by Gasteiger charge is -2.20. The summed E-state index contributed by atoms with van der Waals surface area (Å²) in [6.07, 6.45) is 3.57. The van der Waals surface area contributed by atoms with E-state index < -0.39 is 0 Å². The third kappa shape index (κ3) is 5.60. The van der Waals surface area contributed by atoms with Crippen LogP contribution in [0, 0.1) is 0 Å². The monoisotopic (exact) mass is 415 g/mol. The number of halogens is 1. The van der Waals surface area contributed by atoms with Crippen molar-refractivity contribution >= 4 is 29.3 Å². The quantitative estimate of drug-likeness (QED) is 0.429. The van der Waals surface area contributed by atoms with Gasteiger partial charge in [-0.1, -0.05) is 23.7 Å². The van der Waals surface area contributed by atoms with Gasteiger partial charge >= 0.3 is 5.97 Å². The smallest absolute Gasteiger partial charge is 0.337 e. The Bertz CT molecular complexity index is 856. The molecule has 8 heteroatoms. The number of methoxy groups -OCH3 is 1. The zero-order valence-corrected chi connectivity index (χ0v) is 17.4. The molecule has 29 heavy (non-hydrogen) atoms. The van der Waals surface area contributed by atoms with E-state index in [9.17, 15) is 4.79 Å². The molecule has 0 saturated carbocycles. The second-order valence-corrected chi connectivity index (χ2v) is 7.23. The number of benzene rings is 1. The van der Waals surface area contributed by atoms with Gasteiger partial charge in [0.2, 0.25) is 0 Å². The van der Waals surface area contributed by atoms with Crippen LogP contribution in [0.25, 0.3) is 0 Å². The lowest BCUT2D eigenvalue weighted by atomic mass is 10.1. The maximum atomic E-state index is 11.5. The van der Waals surface area contributed by atoms with E-state index in [1.807, 2.05) is 24.3 Å². The number of pyridine rings is 1. The molecule has 1 aromatic heterocycles. The normalized spacial score (nSPS) is 16.6. The van der Waals surface area contributed by atoms with Crippen LogP contribution in [-0.4, -0.2) is 56.7 Å². The number of aliphatic imine (C=N–C) groups is 1. The van der Waals surface area contributed by atoms with Crippen molar-refractivity contribution in [3.05, 3.63) is 58.7 Å². The molecular weight excluding hydrogens is 390 g/mol. The van der Waals surface area contributed by atoms with Crippen LogP contribution in [0.1, 0.15) is 22.3 Å². The van der Waals surface area contributed by atoms with Crippen molar-refractivity contribution in [3.8, 4) is 0 Å². The number of nitrogens with one attached hydrogen (secondary N) is 2. The molecule has 154 valence electrons. The highest BCUT2D eigenvalue weighted by Crippen LogP contribution is 2.25. The Kier molecular flexibility index (Phi) is 7.30. The fourth-order valence-corrected chi connectivity index (χ4v) is 3.56. The van der Waals surface area contributed by atoms with Crippen LogP contribution in [0.5, 0.6) is 0 Å². The second kappa shape index (κ2) is 10.1. The van der Waals surface area contributed by atoms with Gasteiger partial charge in [-0.3, -0.25) is 4.99 Å². The fraction of sp³-hybridized carbons (Fsp3) is 0.381. The van der Waals surface area contributed by atoms with E-state index in [2.05, 4.69) is 25.5 Å². The molecule has 2 N–H and O–H groups in total. The van der Waals surface area contributed by atoms with Gasteiger partial charge in [0, 0.05) is 38.9 Å². The highest BCUT2D eigenvalue weighted by molar-refractivity contribution is 6.32. The molecule has 1 aromatic carbocycles. The van der Waals surface area contributed by atoms with Crippen molar-refractivity contribution in [3.63, 3.8) is 0 Å². The maximum Gasteiger partial charge on any atom is 0.337 e. The van der Waals surface area contributed by atoms with E-state index in [0.717, 1.165) is 49.8 Å². The van der Waals surface area contributed by atoms with Crippen LogP contribution in [0.2, 0.25) is 5.02 Å². The van der Waals surface area contributed by atoms with Crippen molar-refractivity contribution < 1.29 is 9.53 Å². The van der Waals surface area contributed by atoms with Gasteiger partial charge in [0.05, 0.1) is 17.7 Å². The number of hydrogen-bond acceptors (Lipinski definition) is 5. The standard InChI is InChI=1S/C21H26ClN5O2/c1-23-21(25-12-9-15-5-7-16(8-6-15)20(28)29-2)26-17-10-13-27(14-17)19-18(22)4-3-11-24-19/h3-8,11,17H,9-10,12-14H2,1-2H3,(H2,23,25,26). The van der Waals surface area contributed by atoms with Gasteiger partial charge in [0.25, 0.3) is 0 Å². The first-order chi connectivity index (χ1) is 14.1. The number of hydrogen-bond donors (Lipinski definition) is 2. The molecule has 2 aromatic rings. The Morgan fingerprint density at radius 1 is 1.34 bits per heavy atom. The Balaban J connectivity index is 1.45. The van der Waals surface area contributed by atoms with Gasteiger partial charge < -0.3 is 20.3 Å². The average Bonchev–Trinajstić information content (AvgIpc) is 3.21. The summed E-state index contributed by atoms with van der Waals surface area (Å²) in [6, 6.07) is 11.4. The Morgan fingerprint density at radius 2 is 2.14 bits per heavy atom. The van der Waals surface area contributed by atoms with Crippen LogP contribution in [0.15, 0.2) is 47.6 Å². The predicted molar refractivity (Wildman–Crippen MR) is 116 cm³/mol. The molecule has 1 aliphatic heterocycles. The first-order valence-corrected chi connectivity index (χ1v) is 9.98. The maximum absolute atomic E-state index is 11.5. The van der Waals surface area contributed by atoms with E-state index in [0.29, 0.717) is 10.6 Å². The third-order valence-corrected chi connectivity index (χ3v) is 5.17. The molecule has 1 aliphatic rings. The topological polar surface area (TPSA) is 78.8 Å². The van der Waals surface area contributed by atoms with Crippen molar-refractivity contribution in [2.75, 3.05) is 38.7 Å². The molecule has 0 spiro atoms. The highest BCUT2D eigenvalue weighted by Gasteiger charge is 2.25. The summed E-state index contributed by atoms with van der Waals surface area (Å²) < 4.78 is 4.72. The first kappa shape index (κ1) is 20.9. The molecule has 1 atom stereocenters. The van der Waals surface area contributed by atoms with Gasteiger partial charge in [-0.15, -0.1) is 0 Å². The minimum atomic E-state index is -0.322. The molecule has 3 rings (SSSR count). The number of nitrogens with zero attached hydrogens (tertiary/aromatic N) is 3. The lowest BCUT2D eigenvalue weighted by molar-refractivity contribution is 0.0600. The number of ether oxygens (including phenoxy) is 1. The van der Waals surface area contributed by atoms with Crippen molar-refractivity contribution in [2.24, 2.45) is 4.99 Å². The molecule has 0 amide bonds. The molecule has 0 radical (unpaired) electrons. The number of esters is 1. The summed E-state index contributed by atoms with van der Waals surface area (Å²) in [4.78, 5) is 22.4. The zero-order chi connectivity index (χ0) is 20.6. The summed E-state index contributed by atoms with van der Waals surface area (Å²) in [7, 11) is 3.15. The number of anilines is 1. The molecule has 0 aliphatic carbocycles. The fourth-order valence-electron chi connectivity index (χ4n) is 3.32. The number of carbonyl (C=O) groups is 1. The van der Waals surface area contributed by atoms with Crippen LogP contribution in [0.4, 0.5) is 5.82 Å². The summed E-state index contributed by atoms with van der Waals surface area (Å²) in [5, 5.41) is 7.49. The summed E-state index contributed by atoms with van der Waals surface area (Å²) in [5.74, 6) is 1.28. The summed E-state index contributed by atoms with van der Waals surface area (Å²) in [6.45, 7) is 2.46. The van der Waals surface area contributed by atoms with E-state index >= 15 is 0 Å². The minimum Gasteiger partial charge on any atom is -0.465 e. The number of guanidine groups is 1. The Labute approximate surface area is 176 Å². The molecule has 1 saturated heterocycles. The number of rotatable bonds is 6. The Hall–Kier alpha value is -2.80. The van der Waals surface area contributed by atoms with Crippen molar-refractivity contribution in [2.45, 2.75) is 18.9 Å². The molecular formula is C21H26ClN5O2. The lowest BCUT2D eigenvalue weighted by Crippen LogP contribution is -2.45. The predicted octanol–water partition coefficient (Wildman–Crippen LogP) is 2.51. The SMILES string of the molecule is CN=C(NCCc1ccc(C(=O)OC)cc1)NC1CCN(c2ncccc2Cl)C1. The van der Waals surface area contributed by atoms with Gasteiger partial charge in [0.15, 0.2) is 5.96 Å². The molecule has 7 nitrogen and oxygen atoms in total. The molecule has 1 unspecified atom stereocenters. The number of carbonyl (C=O) groups excluding carboxylic acids is 1. The van der Waals surface area contributed by atoms with Crippen LogP contribution < -0.4 is 15.5 Å². The van der Waals surface area contributed by atoms with Gasteiger partial charge in [0.1, 0.15) is 5.82 Å². The van der Waals surface area contributed by atoms with Crippen molar-refractivity contribution in [1.82, 2.24) is 15.6 Å².